The molecule has 0 bridgehead atoms. The van der Waals surface area contributed by atoms with Crippen molar-refractivity contribution in [3.63, 3.8) is 0 Å². The predicted octanol–water partition coefficient (Wildman–Crippen LogP) is 0.425. The van der Waals surface area contributed by atoms with Crippen molar-refractivity contribution in [2.45, 2.75) is 50.1 Å². The molecule has 4 nitrogen and oxygen atoms in total. The molecule has 1 aliphatic heterocycles. The van der Waals surface area contributed by atoms with Gasteiger partial charge in [-0.05, 0) is 45.6 Å². The summed E-state index contributed by atoms with van der Waals surface area (Å²) in [6, 6.07) is 0. The Morgan fingerprint density at radius 1 is 1.31 bits per heavy atom. The summed E-state index contributed by atoms with van der Waals surface area (Å²) in [5.74, 6) is 0.599. The summed E-state index contributed by atoms with van der Waals surface area (Å²) in [7, 11) is -2.81. The molecular weight excluding hydrogens is 224 g/mol. The van der Waals surface area contributed by atoms with Crippen LogP contribution in [0.2, 0.25) is 0 Å². The van der Waals surface area contributed by atoms with Gasteiger partial charge in [0.2, 0.25) is 0 Å². The predicted molar refractivity (Wildman–Crippen MR) is 65.1 cm³/mol. The molecule has 1 atom stereocenters. The van der Waals surface area contributed by atoms with E-state index in [-0.39, 0.29) is 16.8 Å². The summed E-state index contributed by atoms with van der Waals surface area (Å²) < 4.78 is 22.8. The Hall–Kier alpha value is -0.130. The second-order valence-electron chi connectivity index (χ2n) is 5.80. The highest BCUT2D eigenvalue weighted by atomic mass is 32.2. The number of nitrogens with two attached hydrogens (primary N) is 1. The lowest BCUT2D eigenvalue weighted by molar-refractivity contribution is 0.221. The highest BCUT2D eigenvalue weighted by Crippen LogP contribution is 2.32. The van der Waals surface area contributed by atoms with Crippen molar-refractivity contribution in [2.75, 3.05) is 18.1 Å². The molecule has 2 rings (SSSR count). The fraction of sp³-hybridized carbons (Fsp3) is 1.00. The van der Waals surface area contributed by atoms with Crippen molar-refractivity contribution in [1.82, 2.24) is 5.32 Å². The maximum Gasteiger partial charge on any atom is 0.152 e. The monoisotopic (exact) mass is 246 g/mol. The maximum absolute atomic E-state index is 11.4. The van der Waals surface area contributed by atoms with Crippen molar-refractivity contribution in [2.24, 2.45) is 5.73 Å². The van der Waals surface area contributed by atoms with Crippen LogP contribution in [-0.2, 0) is 9.84 Å². The van der Waals surface area contributed by atoms with E-state index in [1.807, 2.05) is 6.92 Å². The summed E-state index contributed by atoms with van der Waals surface area (Å²) in [5, 5.41) is 3.38. The standard InChI is InChI=1S/C11H22N2O2S/c1-10(6-8-16(14,15)9-10)13-7-5-11(12)3-2-4-11/h13H,2-9,12H2,1H3. The Labute approximate surface area is 97.9 Å². The van der Waals surface area contributed by atoms with E-state index in [0.29, 0.717) is 5.75 Å². The quantitative estimate of drug-likeness (QED) is 0.754. The van der Waals surface area contributed by atoms with E-state index in [1.54, 1.807) is 0 Å². The van der Waals surface area contributed by atoms with Crippen LogP contribution in [0.15, 0.2) is 0 Å². The van der Waals surface area contributed by atoms with Crippen molar-refractivity contribution < 1.29 is 8.42 Å². The van der Waals surface area contributed by atoms with Gasteiger partial charge in [-0.15, -0.1) is 0 Å². The van der Waals surface area contributed by atoms with Crippen molar-refractivity contribution in [1.29, 1.82) is 0 Å². The third-order valence-corrected chi connectivity index (χ3v) is 5.93. The molecule has 16 heavy (non-hydrogen) atoms. The lowest BCUT2D eigenvalue weighted by atomic mass is 9.75. The highest BCUT2D eigenvalue weighted by Gasteiger charge is 2.38. The van der Waals surface area contributed by atoms with Gasteiger partial charge in [0.25, 0.3) is 0 Å². The molecule has 94 valence electrons. The Morgan fingerprint density at radius 3 is 2.44 bits per heavy atom. The topological polar surface area (TPSA) is 72.2 Å². The van der Waals surface area contributed by atoms with Crippen LogP contribution < -0.4 is 11.1 Å². The van der Waals surface area contributed by atoms with Crippen LogP contribution in [-0.4, -0.2) is 37.5 Å². The molecule has 0 amide bonds. The van der Waals surface area contributed by atoms with E-state index in [0.717, 1.165) is 32.2 Å². The van der Waals surface area contributed by atoms with Gasteiger partial charge in [-0.1, -0.05) is 0 Å². The van der Waals surface area contributed by atoms with Crippen molar-refractivity contribution in [3.8, 4) is 0 Å². The average molecular weight is 246 g/mol. The van der Waals surface area contributed by atoms with Gasteiger partial charge in [0.1, 0.15) is 0 Å². The molecule has 3 N–H and O–H groups in total. The zero-order chi connectivity index (χ0) is 11.9. The molecule has 2 aliphatic rings. The maximum atomic E-state index is 11.4. The molecule has 1 unspecified atom stereocenters. The zero-order valence-corrected chi connectivity index (χ0v) is 10.8. The second-order valence-corrected chi connectivity index (χ2v) is 7.98. The summed E-state index contributed by atoms with van der Waals surface area (Å²) in [6.07, 6.45) is 5.16. The minimum Gasteiger partial charge on any atom is -0.325 e. The summed E-state index contributed by atoms with van der Waals surface area (Å²) in [6.45, 7) is 2.84. The number of sulfone groups is 1. The van der Waals surface area contributed by atoms with E-state index < -0.39 is 9.84 Å². The summed E-state index contributed by atoms with van der Waals surface area (Å²) >= 11 is 0. The molecule has 2 fully saturated rings. The lowest BCUT2D eigenvalue weighted by Gasteiger charge is -2.39. The molecule has 0 radical (unpaired) electrons. The summed E-state index contributed by atoms with van der Waals surface area (Å²) in [4.78, 5) is 0. The van der Waals surface area contributed by atoms with E-state index in [2.05, 4.69) is 5.32 Å². The van der Waals surface area contributed by atoms with Gasteiger partial charge >= 0.3 is 0 Å². The molecular formula is C11H22N2O2S. The minimum atomic E-state index is -2.81. The zero-order valence-electron chi connectivity index (χ0n) is 9.96. The van der Waals surface area contributed by atoms with Crippen LogP contribution in [0.25, 0.3) is 0 Å². The first-order valence-corrected chi connectivity index (χ1v) is 7.89. The fourth-order valence-electron chi connectivity index (χ4n) is 2.64. The van der Waals surface area contributed by atoms with Crippen LogP contribution in [0.3, 0.4) is 0 Å². The molecule has 1 saturated carbocycles. The molecule has 0 spiro atoms. The van der Waals surface area contributed by atoms with Crippen molar-refractivity contribution in [3.05, 3.63) is 0 Å². The average Bonchev–Trinajstić information content (AvgIpc) is 2.38. The Balaban J connectivity index is 1.78. The van der Waals surface area contributed by atoms with Gasteiger partial charge in [0.15, 0.2) is 9.84 Å². The van der Waals surface area contributed by atoms with E-state index >= 15 is 0 Å². The first-order chi connectivity index (χ1) is 7.33. The van der Waals surface area contributed by atoms with E-state index in [9.17, 15) is 8.42 Å². The third-order valence-electron chi connectivity index (χ3n) is 4.03. The fourth-order valence-corrected chi connectivity index (χ4v) is 4.77. The highest BCUT2D eigenvalue weighted by molar-refractivity contribution is 7.91. The molecule has 1 aliphatic carbocycles. The SMILES string of the molecule is CC1(NCCC2(N)CCC2)CCS(=O)(=O)C1. The smallest absolute Gasteiger partial charge is 0.152 e. The normalized spacial score (nSPS) is 35.9. The van der Waals surface area contributed by atoms with Gasteiger partial charge in [-0.25, -0.2) is 8.42 Å². The van der Waals surface area contributed by atoms with E-state index in [4.69, 9.17) is 5.73 Å². The van der Waals surface area contributed by atoms with Gasteiger partial charge in [-0.2, -0.15) is 0 Å². The minimum absolute atomic E-state index is 0.0286. The third kappa shape index (κ3) is 2.76. The largest absolute Gasteiger partial charge is 0.325 e. The molecule has 1 heterocycles. The first kappa shape index (κ1) is 12.3. The lowest BCUT2D eigenvalue weighted by Crippen LogP contribution is -2.51. The molecule has 0 aromatic carbocycles. The molecule has 1 saturated heterocycles. The first-order valence-electron chi connectivity index (χ1n) is 6.07. The Bertz CT molecular complexity index is 362. The van der Waals surface area contributed by atoms with Crippen LogP contribution >= 0.6 is 0 Å². The number of hydrogen-bond donors (Lipinski definition) is 2. The molecule has 5 heteroatoms. The van der Waals surface area contributed by atoms with Crippen LogP contribution in [0.5, 0.6) is 0 Å². The van der Waals surface area contributed by atoms with Gasteiger partial charge < -0.3 is 11.1 Å². The summed E-state index contributed by atoms with van der Waals surface area (Å²) in [5.41, 5.74) is 5.93. The number of nitrogens with one attached hydrogen (secondary N) is 1. The number of hydrogen-bond acceptors (Lipinski definition) is 4. The van der Waals surface area contributed by atoms with Crippen LogP contribution in [0, 0.1) is 0 Å². The van der Waals surface area contributed by atoms with Crippen LogP contribution in [0.4, 0.5) is 0 Å². The molecule has 0 aromatic heterocycles. The van der Waals surface area contributed by atoms with Gasteiger partial charge in [0, 0.05) is 11.1 Å². The second kappa shape index (κ2) is 3.96. The van der Waals surface area contributed by atoms with Crippen molar-refractivity contribution >= 4 is 9.84 Å². The van der Waals surface area contributed by atoms with Gasteiger partial charge in [0.05, 0.1) is 11.5 Å². The number of rotatable bonds is 4. The Kier molecular flexibility index (Phi) is 3.05. The van der Waals surface area contributed by atoms with Gasteiger partial charge in [-0.3, -0.25) is 0 Å². The molecule has 0 aromatic rings. The van der Waals surface area contributed by atoms with Crippen LogP contribution in [0.1, 0.15) is 39.0 Å². The van der Waals surface area contributed by atoms with E-state index in [1.165, 1.54) is 6.42 Å². The Morgan fingerprint density at radius 2 is 2.00 bits per heavy atom.